The number of ether oxygens (including phenoxy) is 1. The Labute approximate surface area is 139 Å². The molecule has 2 aromatic rings. The molecule has 2 N–H and O–H groups in total. The van der Waals surface area contributed by atoms with Crippen LogP contribution in [0.2, 0.25) is 0 Å². The number of thiazole rings is 1. The quantitative estimate of drug-likeness (QED) is 0.788. The molecule has 1 aromatic heterocycles. The Morgan fingerprint density at radius 3 is 2.86 bits per heavy atom. The standard InChI is InChI=1S/C14H13BrN2O4S/c1-3-21-13(20)11-7(2)16-14(22-11)17-12(19)9-6-8(15)4-5-10(9)18/h4-6,18H,3H2,1-2H3,(H,16,17,19). The Morgan fingerprint density at radius 1 is 1.45 bits per heavy atom. The van der Waals surface area contributed by atoms with Crippen LogP contribution in [0.1, 0.15) is 32.6 Å². The van der Waals surface area contributed by atoms with Crippen molar-refractivity contribution >= 4 is 44.3 Å². The van der Waals surface area contributed by atoms with Crippen LogP contribution in [0.4, 0.5) is 5.13 Å². The average Bonchev–Trinajstić information content (AvgIpc) is 2.82. The number of rotatable bonds is 4. The zero-order chi connectivity index (χ0) is 16.3. The topological polar surface area (TPSA) is 88.5 Å². The summed E-state index contributed by atoms with van der Waals surface area (Å²) in [6, 6.07) is 4.53. The van der Waals surface area contributed by atoms with E-state index in [-0.39, 0.29) is 23.1 Å². The van der Waals surface area contributed by atoms with Gasteiger partial charge in [0.1, 0.15) is 10.6 Å². The van der Waals surface area contributed by atoms with Crippen LogP contribution in [0.25, 0.3) is 0 Å². The molecule has 6 nitrogen and oxygen atoms in total. The molecule has 2 rings (SSSR count). The molecule has 0 radical (unpaired) electrons. The van der Waals surface area contributed by atoms with Crippen LogP contribution in [0.3, 0.4) is 0 Å². The summed E-state index contributed by atoms with van der Waals surface area (Å²) in [6.07, 6.45) is 0. The van der Waals surface area contributed by atoms with Crippen molar-refractivity contribution in [3.8, 4) is 5.75 Å². The van der Waals surface area contributed by atoms with Crippen molar-refractivity contribution < 1.29 is 19.4 Å². The predicted molar refractivity (Wildman–Crippen MR) is 86.6 cm³/mol. The van der Waals surface area contributed by atoms with E-state index >= 15 is 0 Å². The lowest BCUT2D eigenvalue weighted by Gasteiger charge is -2.04. The molecular formula is C14H13BrN2O4S. The normalized spacial score (nSPS) is 10.3. The number of hydrogen-bond acceptors (Lipinski definition) is 6. The van der Waals surface area contributed by atoms with Crippen LogP contribution in [0.5, 0.6) is 5.75 Å². The van der Waals surface area contributed by atoms with Crippen molar-refractivity contribution in [1.82, 2.24) is 4.98 Å². The van der Waals surface area contributed by atoms with Crippen molar-refractivity contribution in [2.45, 2.75) is 13.8 Å². The lowest BCUT2D eigenvalue weighted by Crippen LogP contribution is -2.11. The number of anilines is 1. The fourth-order valence-corrected chi connectivity index (χ4v) is 2.91. The molecule has 116 valence electrons. The molecular weight excluding hydrogens is 372 g/mol. The molecule has 1 heterocycles. The second kappa shape index (κ2) is 6.89. The van der Waals surface area contributed by atoms with Gasteiger partial charge >= 0.3 is 5.97 Å². The van der Waals surface area contributed by atoms with Crippen LogP contribution in [0, 0.1) is 6.92 Å². The van der Waals surface area contributed by atoms with E-state index in [9.17, 15) is 14.7 Å². The number of aromatic hydroxyl groups is 1. The third-order valence-electron chi connectivity index (χ3n) is 2.68. The molecule has 0 aliphatic heterocycles. The summed E-state index contributed by atoms with van der Waals surface area (Å²) in [6.45, 7) is 3.64. The molecule has 0 unspecified atom stereocenters. The maximum atomic E-state index is 12.2. The maximum absolute atomic E-state index is 12.2. The number of nitrogens with zero attached hydrogens (tertiary/aromatic N) is 1. The third-order valence-corrected chi connectivity index (χ3v) is 4.23. The number of phenolic OH excluding ortho intramolecular Hbond substituents is 1. The van der Waals surface area contributed by atoms with Gasteiger partial charge in [0.15, 0.2) is 5.13 Å². The van der Waals surface area contributed by atoms with Gasteiger partial charge in [-0.3, -0.25) is 10.1 Å². The molecule has 0 bridgehead atoms. The number of aromatic nitrogens is 1. The smallest absolute Gasteiger partial charge is 0.350 e. The van der Waals surface area contributed by atoms with E-state index in [0.29, 0.717) is 15.0 Å². The van der Waals surface area contributed by atoms with Gasteiger partial charge in [0.25, 0.3) is 5.91 Å². The van der Waals surface area contributed by atoms with Gasteiger partial charge in [-0.1, -0.05) is 27.3 Å². The molecule has 22 heavy (non-hydrogen) atoms. The molecule has 1 aromatic carbocycles. The fraction of sp³-hybridized carbons (Fsp3) is 0.214. The highest BCUT2D eigenvalue weighted by Crippen LogP contribution is 2.26. The van der Waals surface area contributed by atoms with Gasteiger partial charge in [0.05, 0.1) is 17.9 Å². The van der Waals surface area contributed by atoms with Gasteiger partial charge in [0.2, 0.25) is 0 Å². The second-order valence-electron chi connectivity index (χ2n) is 4.27. The first kappa shape index (κ1) is 16.4. The van der Waals surface area contributed by atoms with Crippen molar-refractivity contribution in [3.63, 3.8) is 0 Å². The zero-order valence-electron chi connectivity index (χ0n) is 11.8. The SMILES string of the molecule is CCOC(=O)c1sc(NC(=O)c2cc(Br)ccc2O)nc1C. The summed E-state index contributed by atoms with van der Waals surface area (Å²) in [5.74, 6) is -1.12. The number of aryl methyl sites for hydroxylation is 1. The van der Waals surface area contributed by atoms with Crippen molar-refractivity contribution in [2.24, 2.45) is 0 Å². The van der Waals surface area contributed by atoms with E-state index in [2.05, 4.69) is 26.2 Å². The third kappa shape index (κ3) is 3.63. The van der Waals surface area contributed by atoms with E-state index < -0.39 is 11.9 Å². The highest BCUT2D eigenvalue weighted by atomic mass is 79.9. The number of carbonyl (C=O) groups excluding carboxylic acids is 2. The minimum absolute atomic E-state index is 0.111. The van der Waals surface area contributed by atoms with E-state index in [1.54, 1.807) is 19.9 Å². The molecule has 0 fully saturated rings. The monoisotopic (exact) mass is 384 g/mol. The van der Waals surface area contributed by atoms with Crippen LogP contribution in [0.15, 0.2) is 22.7 Å². The number of halogens is 1. The lowest BCUT2D eigenvalue weighted by molar-refractivity contribution is 0.0531. The highest BCUT2D eigenvalue weighted by Gasteiger charge is 2.19. The number of benzene rings is 1. The zero-order valence-corrected chi connectivity index (χ0v) is 14.2. The van der Waals surface area contributed by atoms with Gasteiger partial charge in [-0.2, -0.15) is 0 Å². The van der Waals surface area contributed by atoms with Crippen molar-refractivity contribution in [3.05, 3.63) is 38.8 Å². The summed E-state index contributed by atoms with van der Waals surface area (Å²) in [7, 11) is 0. The van der Waals surface area contributed by atoms with E-state index in [4.69, 9.17) is 4.74 Å². The Bertz CT molecular complexity index is 730. The van der Waals surface area contributed by atoms with Gasteiger partial charge in [-0.05, 0) is 32.0 Å². The number of amides is 1. The number of esters is 1. The van der Waals surface area contributed by atoms with Crippen LogP contribution < -0.4 is 5.32 Å². The Hall–Kier alpha value is -1.93. The highest BCUT2D eigenvalue weighted by molar-refractivity contribution is 9.10. The summed E-state index contributed by atoms with van der Waals surface area (Å²) in [5.41, 5.74) is 0.595. The van der Waals surface area contributed by atoms with Gasteiger partial charge in [0, 0.05) is 4.47 Å². The molecule has 0 spiro atoms. The first-order chi connectivity index (χ1) is 10.4. The molecule has 0 atom stereocenters. The molecule has 1 amide bonds. The predicted octanol–water partition coefficient (Wildman–Crippen LogP) is 3.35. The largest absolute Gasteiger partial charge is 0.507 e. The van der Waals surface area contributed by atoms with Gasteiger partial charge in [-0.15, -0.1) is 0 Å². The Morgan fingerprint density at radius 2 is 2.18 bits per heavy atom. The Kier molecular flexibility index (Phi) is 5.15. The first-order valence-corrected chi connectivity index (χ1v) is 7.97. The number of carbonyl (C=O) groups is 2. The van der Waals surface area contributed by atoms with E-state index in [1.807, 2.05) is 0 Å². The molecule has 8 heteroatoms. The molecule has 0 saturated heterocycles. The maximum Gasteiger partial charge on any atom is 0.350 e. The molecule has 0 aliphatic carbocycles. The summed E-state index contributed by atoms with van der Waals surface area (Å²) >= 11 is 4.27. The number of phenols is 1. The minimum Gasteiger partial charge on any atom is -0.507 e. The fourth-order valence-electron chi connectivity index (χ4n) is 1.69. The minimum atomic E-state index is -0.511. The number of nitrogens with one attached hydrogen (secondary N) is 1. The summed E-state index contributed by atoms with van der Waals surface area (Å²) in [5, 5.41) is 12.6. The van der Waals surface area contributed by atoms with E-state index in [0.717, 1.165) is 11.3 Å². The Balaban J connectivity index is 2.20. The second-order valence-corrected chi connectivity index (χ2v) is 6.18. The van der Waals surface area contributed by atoms with Gasteiger partial charge < -0.3 is 9.84 Å². The average molecular weight is 385 g/mol. The van der Waals surface area contributed by atoms with Crippen molar-refractivity contribution in [2.75, 3.05) is 11.9 Å². The number of hydrogen-bond donors (Lipinski definition) is 2. The van der Waals surface area contributed by atoms with E-state index in [1.165, 1.54) is 12.1 Å². The van der Waals surface area contributed by atoms with Crippen LogP contribution in [-0.2, 0) is 4.74 Å². The van der Waals surface area contributed by atoms with Crippen molar-refractivity contribution in [1.29, 1.82) is 0 Å². The molecule has 0 saturated carbocycles. The van der Waals surface area contributed by atoms with Crippen LogP contribution in [-0.4, -0.2) is 28.6 Å². The molecule has 0 aliphatic rings. The summed E-state index contributed by atoms with van der Waals surface area (Å²) in [4.78, 5) is 28.4. The van der Waals surface area contributed by atoms with Gasteiger partial charge in [-0.25, -0.2) is 9.78 Å². The van der Waals surface area contributed by atoms with Crippen LogP contribution >= 0.6 is 27.3 Å². The lowest BCUT2D eigenvalue weighted by atomic mass is 10.2. The first-order valence-electron chi connectivity index (χ1n) is 6.36. The summed E-state index contributed by atoms with van der Waals surface area (Å²) < 4.78 is 5.58.